The van der Waals surface area contributed by atoms with Gasteiger partial charge in [0.25, 0.3) is 0 Å². The van der Waals surface area contributed by atoms with Crippen LogP contribution in [-0.4, -0.2) is 0 Å². The van der Waals surface area contributed by atoms with Crippen LogP contribution in [0.5, 0.6) is 0 Å². The molecule has 110 valence electrons. The fourth-order valence-corrected chi connectivity index (χ4v) is 1.81. The van der Waals surface area contributed by atoms with E-state index in [4.69, 9.17) is 0 Å². The van der Waals surface area contributed by atoms with E-state index in [0.29, 0.717) is 5.56 Å². The van der Waals surface area contributed by atoms with Crippen molar-refractivity contribution >= 4 is 0 Å². The van der Waals surface area contributed by atoms with Crippen molar-refractivity contribution in [3.63, 3.8) is 0 Å². The predicted octanol–water partition coefficient (Wildman–Crippen LogP) is 4.64. The lowest BCUT2D eigenvalue weighted by atomic mass is 9.81. The summed E-state index contributed by atoms with van der Waals surface area (Å²) in [6, 6.07) is 8.54. The third kappa shape index (κ3) is 4.65. The van der Waals surface area contributed by atoms with Crippen molar-refractivity contribution in [2.75, 3.05) is 0 Å². The maximum atomic E-state index is 12.5. The highest BCUT2D eigenvalue weighted by molar-refractivity contribution is 5.29. The van der Waals surface area contributed by atoms with Crippen LogP contribution in [0.15, 0.2) is 35.9 Å². The number of rotatable bonds is 4. The third-order valence-corrected chi connectivity index (χ3v) is 3.07. The van der Waals surface area contributed by atoms with Crippen molar-refractivity contribution in [3.8, 4) is 12.1 Å². The lowest BCUT2D eigenvalue weighted by Crippen LogP contribution is -2.19. The van der Waals surface area contributed by atoms with E-state index in [2.05, 4.69) is 0 Å². The molecule has 1 aromatic carbocycles. The zero-order valence-corrected chi connectivity index (χ0v) is 11.8. The van der Waals surface area contributed by atoms with Crippen molar-refractivity contribution in [2.24, 2.45) is 5.41 Å². The lowest BCUT2D eigenvalue weighted by Gasteiger charge is -2.17. The molecule has 0 saturated heterocycles. The van der Waals surface area contributed by atoms with Gasteiger partial charge in [-0.3, -0.25) is 0 Å². The summed E-state index contributed by atoms with van der Waals surface area (Å²) < 4.78 is 37.5. The number of alkyl halides is 3. The van der Waals surface area contributed by atoms with Crippen LogP contribution in [0, 0.1) is 28.1 Å². The maximum Gasteiger partial charge on any atom is 0.416 e. The number of nitrogens with zero attached hydrogens (tertiary/aromatic N) is 2. The molecule has 0 bridgehead atoms. The molecule has 5 heteroatoms. The standard InChI is InChI=1S/C16H15F3N2/c1-12(2)7-8-15(10-20,11-21)9-13-3-5-14(6-4-13)16(17,18)19/h3-7H,8-9H2,1-2H3. The molecule has 0 aliphatic carbocycles. The fraction of sp³-hybridized carbons (Fsp3) is 0.375. The van der Waals surface area contributed by atoms with Crippen molar-refractivity contribution in [1.29, 1.82) is 10.5 Å². The first-order valence-corrected chi connectivity index (χ1v) is 6.34. The molecule has 0 N–H and O–H groups in total. The first-order valence-electron chi connectivity index (χ1n) is 6.34. The van der Waals surface area contributed by atoms with Crippen LogP contribution in [0.4, 0.5) is 13.2 Å². The van der Waals surface area contributed by atoms with Crippen molar-refractivity contribution < 1.29 is 13.2 Å². The summed E-state index contributed by atoms with van der Waals surface area (Å²) >= 11 is 0. The first-order chi connectivity index (χ1) is 9.72. The third-order valence-electron chi connectivity index (χ3n) is 3.07. The SMILES string of the molecule is CC(C)=CCC(C#N)(C#N)Cc1ccc(C(F)(F)F)cc1. The van der Waals surface area contributed by atoms with E-state index in [9.17, 15) is 23.7 Å². The molecule has 0 saturated carbocycles. The van der Waals surface area contributed by atoms with Gasteiger partial charge >= 0.3 is 6.18 Å². The van der Waals surface area contributed by atoms with Crippen molar-refractivity contribution in [1.82, 2.24) is 0 Å². The average Bonchev–Trinajstić information content (AvgIpc) is 2.43. The molecule has 0 unspecified atom stereocenters. The summed E-state index contributed by atoms with van der Waals surface area (Å²) in [5.41, 5.74) is -0.475. The topological polar surface area (TPSA) is 47.6 Å². The van der Waals surface area contributed by atoms with Gasteiger partial charge < -0.3 is 0 Å². The van der Waals surface area contributed by atoms with E-state index < -0.39 is 17.2 Å². The second kappa shape index (κ2) is 6.45. The highest BCUT2D eigenvalue weighted by Gasteiger charge is 2.32. The number of benzene rings is 1. The molecule has 0 atom stereocenters. The van der Waals surface area contributed by atoms with Crippen LogP contribution in [0.3, 0.4) is 0 Å². The normalized spacial score (nSPS) is 11.4. The monoisotopic (exact) mass is 292 g/mol. The highest BCUT2D eigenvalue weighted by atomic mass is 19.4. The summed E-state index contributed by atoms with van der Waals surface area (Å²) in [5.74, 6) is 0. The number of halogens is 3. The molecule has 1 aromatic rings. The molecule has 0 fully saturated rings. The Labute approximate surface area is 122 Å². The molecule has 21 heavy (non-hydrogen) atoms. The molecular formula is C16H15F3N2. The van der Waals surface area contributed by atoms with Crippen LogP contribution in [0.1, 0.15) is 31.4 Å². The zero-order valence-electron chi connectivity index (χ0n) is 11.8. The Morgan fingerprint density at radius 1 is 1.10 bits per heavy atom. The quantitative estimate of drug-likeness (QED) is 0.759. The largest absolute Gasteiger partial charge is 0.416 e. The molecule has 0 amide bonds. The van der Waals surface area contributed by atoms with E-state index in [-0.39, 0.29) is 12.8 Å². The predicted molar refractivity (Wildman–Crippen MR) is 72.9 cm³/mol. The van der Waals surface area contributed by atoms with E-state index in [1.165, 1.54) is 12.1 Å². The van der Waals surface area contributed by atoms with E-state index in [1.807, 2.05) is 26.0 Å². The van der Waals surface area contributed by atoms with Gasteiger partial charge in [0.05, 0.1) is 17.7 Å². The average molecular weight is 292 g/mol. The Hall–Kier alpha value is -2.27. The summed E-state index contributed by atoms with van der Waals surface area (Å²) in [7, 11) is 0. The molecule has 0 aliphatic heterocycles. The molecule has 0 spiro atoms. The van der Waals surface area contributed by atoms with Crippen LogP contribution in [0.2, 0.25) is 0 Å². The smallest absolute Gasteiger partial charge is 0.197 e. The first kappa shape index (κ1) is 16.8. The van der Waals surface area contributed by atoms with Gasteiger partial charge in [0, 0.05) is 6.42 Å². The van der Waals surface area contributed by atoms with Crippen LogP contribution >= 0.6 is 0 Å². The Balaban J connectivity index is 2.99. The van der Waals surface area contributed by atoms with Crippen molar-refractivity contribution in [2.45, 2.75) is 32.9 Å². The zero-order chi connectivity index (χ0) is 16.1. The summed E-state index contributed by atoms with van der Waals surface area (Å²) in [4.78, 5) is 0. The summed E-state index contributed by atoms with van der Waals surface area (Å²) in [6.45, 7) is 3.72. The number of allylic oxidation sites excluding steroid dienone is 2. The Bertz CT molecular complexity index is 580. The molecule has 0 heterocycles. The minimum Gasteiger partial charge on any atom is -0.197 e. The molecule has 0 aliphatic rings. The van der Waals surface area contributed by atoms with Gasteiger partial charge in [0.2, 0.25) is 0 Å². The Morgan fingerprint density at radius 3 is 2.00 bits per heavy atom. The van der Waals surface area contributed by atoms with Crippen LogP contribution in [0.25, 0.3) is 0 Å². The number of nitriles is 2. The highest BCUT2D eigenvalue weighted by Crippen LogP contribution is 2.31. The summed E-state index contributed by atoms with van der Waals surface area (Å²) in [5, 5.41) is 18.5. The summed E-state index contributed by atoms with van der Waals surface area (Å²) in [6.07, 6.45) is -2.25. The Morgan fingerprint density at radius 2 is 1.62 bits per heavy atom. The molecular weight excluding hydrogens is 277 g/mol. The second-order valence-electron chi connectivity index (χ2n) is 5.16. The number of hydrogen-bond donors (Lipinski definition) is 0. The molecule has 1 rings (SSSR count). The van der Waals surface area contributed by atoms with E-state index in [0.717, 1.165) is 17.7 Å². The van der Waals surface area contributed by atoms with Gasteiger partial charge in [-0.1, -0.05) is 23.8 Å². The minimum atomic E-state index is -4.39. The maximum absolute atomic E-state index is 12.5. The van der Waals surface area contributed by atoms with Gasteiger partial charge in [0.15, 0.2) is 5.41 Å². The number of hydrogen-bond acceptors (Lipinski definition) is 2. The van der Waals surface area contributed by atoms with Gasteiger partial charge in [-0.05, 0) is 38.0 Å². The van der Waals surface area contributed by atoms with E-state index in [1.54, 1.807) is 6.08 Å². The van der Waals surface area contributed by atoms with Gasteiger partial charge in [-0.15, -0.1) is 0 Å². The van der Waals surface area contributed by atoms with Gasteiger partial charge in [-0.2, -0.15) is 23.7 Å². The second-order valence-corrected chi connectivity index (χ2v) is 5.16. The van der Waals surface area contributed by atoms with E-state index >= 15 is 0 Å². The molecule has 0 radical (unpaired) electrons. The molecule has 2 nitrogen and oxygen atoms in total. The van der Waals surface area contributed by atoms with Crippen molar-refractivity contribution in [3.05, 3.63) is 47.0 Å². The lowest BCUT2D eigenvalue weighted by molar-refractivity contribution is -0.137. The van der Waals surface area contributed by atoms with Crippen LogP contribution in [-0.2, 0) is 12.6 Å². The minimum absolute atomic E-state index is 0.0991. The molecule has 0 aromatic heterocycles. The van der Waals surface area contributed by atoms with Gasteiger partial charge in [0.1, 0.15) is 0 Å². The van der Waals surface area contributed by atoms with Gasteiger partial charge in [-0.25, -0.2) is 0 Å². The fourth-order valence-electron chi connectivity index (χ4n) is 1.81. The van der Waals surface area contributed by atoms with Crippen LogP contribution < -0.4 is 0 Å². The Kier molecular flexibility index (Phi) is 5.16.